The van der Waals surface area contributed by atoms with Gasteiger partial charge in [-0.3, -0.25) is 10.1 Å². The van der Waals surface area contributed by atoms with E-state index in [1.54, 1.807) is 13.8 Å². The molecule has 0 radical (unpaired) electrons. The van der Waals surface area contributed by atoms with Gasteiger partial charge in [-0.25, -0.2) is 9.78 Å². The quantitative estimate of drug-likeness (QED) is 0.476. The van der Waals surface area contributed by atoms with Gasteiger partial charge in [-0.05, 0) is 13.8 Å². The number of carboxylic acid groups (broad SMARTS) is 1. The van der Waals surface area contributed by atoms with Gasteiger partial charge in [0.1, 0.15) is 17.6 Å². The zero-order valence-corrected chi connectivity index (χ0v) is 9.80. The summed E-state index contributed by atoms with van der Waals surface area (Å²) in [5.74, 6) is 1.21. The van der Waals surface area contributed by atoms with Crippen molar-refractivity contribution in [3.05, 3.63) is 27.9 Å². The lowest BCUT2D eigenvalue weighted by Crippen LogP contribution is -2.29. The summed E-state index contributed by atoms with van der Waals surface area (Å²) >= 11 is 0. The molecule has 0 aromatic carbocycles. The zero-order valence-electron chi connectivity index (χ0n) is 9.80. The molecule has 0 aliphatic rings. The molecule has 0 saturated heterocycles. The number of rotatable bonds is 4. The van der Waals surface area contributed by atoms with Gasteiger partial charge in [0.05, 0.1) is 10.5 Å². The van der Waals surface area contributed by atoms with Crippen LogP contribution in [-0.4, -0.2) is 26.5 Å². The van der Waals surface area contributed by atoms with Gasteiger partial charge in [0.15, 0.2) is 0 Å². The largest absolute Gasteiger partial charge is 0.477 e. The van der Waals surface area contributed by atoms with E-state index in [4.69, 9.17) is 11.5 Å². The van der Waals surface area contributed by atoms with E-state index in [2.05, 4.69) is 16.2 Å². The van der Waals surface area contributed by atoms with Crippen molar-refractivity contribution in [2.24, 2.45) is 0 Å². The first-order valence-corrected chi connectivity index (χ1v) is 4.90. The van der Waals surface area contributed by atoms with Gasteiger partial charge in [-0.2, -0.15) is 0 Å². The summed E-state index contributed by atoms with van der Waals surface area (Å²) in [7, 11) is 0. The number of anilines is 1. The predicted molar refractivity (Wildman–Crippen MR) is 64.4 cm³/mol. The normalized spacial score (nSPS) is 10.5. The van der Waals surface area contributed by atoms with Crippen LogP contribution in [0.5, 0.6) is 0 Å². The van der Waals surface area contributed by atoms with E-state index in [-0.39, 0.29) is 5.82 Å². The molecular weight excluding hydrogens is 238 g/mol. The highest BCUT2D eigenvalue weighted by Gasteiger charge is 2.22. The maximum absolute atomic E-state index is 10.9. The minimum absolute atomic E-state index is 0.168. The van der Waals surface area contributed by atoms with E-state index in [0.29, 0.717) is 0 Å². The molecule has 1 aromatic heterocycles. The SMILES string of the molecule is C#CC(C)(C)Nc1cc(C(=O)O)c([N+](=O)[O-])cn1. The van der Waals surface area contributed by atoms with Gasteiger partial charge in [0, 0.05) is 6.07 Å². The van der Waals surface area contributed by atoms with Crippen molar-refractivity contribution in [3.8, 4) is 12.3 Å². The molecule has 0 aliphatic heterocycles. The van der Waals surface area contributed by atoms with Crippen LogP contribution in [0.25, 0.3) is 0 Å². The second kappa shape index (κ2) is 4.71. The molecule has 0 spiro atoms. The Labute approximate surface area is 103 Å². The van der Waals surface area contributed by atoms with Crippen LogP contribution in [0.15, 0.2) is 12.3 Å². The van der Waals surface area contributed by atoms with Crippen LogP contribution in [0.2, 0.25) is 0 Å². The number of hydrogen-bond acceptors (Lipinski definition) is 5. The first-order chi connectivity index (χ1) is 8.26. The summed E-state index contributed by atoms with van der Waals surface area (Å²) in [6.45, 7) is 3.38. The standard InChI is InChI=1S/C11H11N3O4/c1-4-11(2,3)13-9-5-7(10(15)16)8(6-12-9)14(17)18/h1,5-6H,2-3H3,(H,12,13)(H,15,16). The molecule has 1 aromatic rings. The van der Waals surface area contributed by atoms with E-state index in [9.17, 15) is 14.9 Å². The van der Waals surface area contributed by atoms with E-state index >= 15 is 0 Å². The third-order valence-corrected chi connectivity index (χ3v) is 2.11. The topological polar surface area (TPSA) is 105 Å². The number of nitrogens with zero attached hydrogens (tertiary/aromatic N) is 2. The number of carbonyl (C=O) groups is 1. The summed E-state index contributed by atoms with van der Waals surface area (Å²) < 4.78 is 0. The molecule has 7 nitrogen and oxygen atoms in total. The van der Waals surface area contributed by atoms with E-state index in [1.165, 1.54) is 0 Å². The van der Waals surface area contributed by atoms with Crippen LogP contribution < -0.4 is 5.32 Å². The van der Waals surface area contributed by atoms with Gasteiger partial charge in [-0.15, -0.1) is 6.42 Å². The Balaban J connectivity index is 3.21. The Hall–Kier alpha value is -2.62. The number of carboxylic acids is 1. The van der Waals surface area contributed by atoms with E-state index < -0.39 is 27.7 Å². The summed E-state index contributed by atoms with van der Waals surface area (Å²) in [6, 6.07) is 1.08. The van der Waals surface area contributed by atoms with Gasteiger partial charge >= 0.3 is 11.7 Å². The first kappa shape index (κ1) is 13.4. The Bertz CT molecular complexity index is 546. The number of pyridine rings is 1. The highest BCUT2D eigenvalue weighted by atomic mass is 16.6. The van der Waals surface area contributed by atoms with Crippen molar-refractivity contribution >= 4 is 17.5 Å². The third kappa shape index (κ3) is 2.95. The average Bonchev–Trinajstić information content (AvgIpc) is 2.28. The Morgan fingerprint density at radius 3 is 2.72 bits per heavy atom. The molecule has 0 aliphatic carbocycles. The number of terminal acetylenes is 1. The van der Waals surface area contributed by atoms with Crippen molar-refractivity contribution in [3.63, 3.8) is 0 Å². The van der Waals surface area contributed by atoms with Crippen LogP contribution in [0.1, 0.15) is 24.2 Å². The minimum Gasteiger partial charge on any atom is -0.477 e. The second-order valence-electron chi connectivity index (χ2n) is 4.04. The zero-order chi connectivity index (χ0) is 13.9. The minimum atomic E-state index is -1.40. The molecule has 1 rings (SSSR count). The van der Waals surface area contributed by atoms with Crippen molar-refractivity contribution in [2.45, 2.75) is 19.4 Å². The Morgan fingerprint density at radius 1 is 1.67 bits per heavy atom. The van der Waals surface area contributed by atoms with Crippen LogP contribution in [0, 0.1) is 22.5 Å². The van der Waals surface area contributed by atoms with Gasteiger partial charge < -0.3 is 10.4 Å². The number of hydrogen-bond donors (Lipinski definition) is 2. The monoisotopic (exact) mass is 249 g/mol. The van der Waals surface area contributed by atoms with Crippen molar-refractivity contribution < 1.29 is 14.8 Å². The molecule has 94 valence electrons. The lowest BCUT2D eigenvalue weighted by Gasteiger charge is -2.20. The fourth-order valence-electron chi connectivity index (χ4n) is 1.19. The summed E-state index contributed by atoms with van der Waals surface area (Å²) in [5.41, 5.74) is -1.74. The lowest BCUT2D eigenvalue weighted by molar-refractivity contribution is -0.385. The second-order valence-corrected chi connectivity index (χ2v) is 4.04. The molecule has 0 fully saturated rings. The highest BCUT2D eigenvalue weighted by Crippen LogP contribution is 2.21. The maximum atomic E-state index is 10.9. The molecule has 0 unspecified atom stereocenters. The first-order valence-electron chi connectivity index (χ1n) is 4.90. The average molecular weight is 249 g/mol. The molecule has 0 saturated carbocycles. The van der Waals surface area contributed by atoms with Gasteiger partial charge in [-0.1, -0.05) is 5.92 Å². The third-order valence-electron chi connectivity index (χ3n) is 2.11. The predicted octanol–water partition coefficient (Wildman–Crippen LogP) is 1.51. The molecule has 1 heterocycles. The molecule has 0 bridgehead atoms. The van der Waals surface area contributed by atoms with Crippen molar-refractivity contribution in [1.29, 1.82) is 0 Å². The Morgan fingerprint density at radius 2 is 2.28 bits per heavy atom. The van der Waals surface area contributed by atoms with Gasteiger partial charge in [0.25, 0.3) is 0 Å². The van der Waals surface area contributed by atoms with Crippen molar-refractivity contribution in [1.82, 2.24) is 4.98 Å². The smallest absolute Gasteiger partial charge is 0.342 e. The fraction of sp³-hybridized carbons (Fsp3) is 0.273. The van der Waals surface area contributed by atoms with Crippen LogP contribution >= 0.6 is 0 Å². The molecule has 2 N–H and O–H groups in total. The molecule has 0 atom stereocenters. The summed E-state index contributed by atoms with van der Waals surface area (Å²) in [6.07, 6.45) is 6.15. The number of aromatic carboxylic acids is 1. The van der Waals surface area contributed by atoms with Crippen LogP contribution in [0.3, 0.4) is 0 Å². The number of aromatic nitrogens is 1. The molecule has 18 heavy (non-hydrogen) atoms. The Kier molecular flexibility index (Phi) is 3.52. The number of nitrogens with one attached hydrogen (secondary N) is 1. The fourth-order valence-corrected chi connectivity index (χ4v) is 1.19. The molecule has 7 heteroatoms. The van der Waals surface area contributed by atoms with E-state index in [0.717, 1.165) is 12.3 Å². The highest BCUT2D eigenvalue weighted by molar-refractivity contribution is 5.93. The maximum Gasteiger partial charge on any atom is 0.342 e. The van der Waals surface area contributed by atoms with E-state index in [1.807, 2.05) is 0 Å². The number of nitro groups is 1. The molecule has 0 amide bonds. The van der Waals surface area contributed by atoms with Crippen molar-refractivity contribution in [2.75, 3.05) is 5.32 Å². The molecular formula is C11H11N3O4. The van der Waals surface area contributed by atoms with Gasteiger partial charge in [0.2, 0.25) is 0 Å². The lowest BCUT2D eigenvalue weighted by atomic mass is 10.1. The van der Waals surface area contributed by atoms with Crippen LogP contribution in [0.4, 0.5) is 11.5 Å². The summed E-state index contributed by atoms with van der Waals surface area (Å²) in [5, 5.41) is 22.3. The summed E-state index contributed by atoms with van der Waals surface area (Å²) in [4.78, 5) is 24.5. The van der Waals surface area contributed by atoms with Crippen LogP contribution in [-0.2, 0) is 0 Å².